The molecule has 0 bridgehead atoms. The van der Waals surface area contributed by atoms with Crippen molar-refractivity contribution in [2.24, 2.45) is 0 Å². The molecule has 126 valence electrons. The Kier molecular flexibility index (Phi) is 4.56. The Hall–Kier alpha value is -3.48. The monoisotopic (exact) mass is 338 g/mol. The number of nitrogens with zero attached hydrogens (tertiary/aromatic N) is 2. The molecule has 7 nitrogen and oxygen atoms in total. The fraction of sp³-hybridized carbons (Fsp3) is 0.111. The van der Waals surface area contributed by atoms with Gasteiger partial charge in [-0.05, 0) is 19.1 Å². The third-order valence-electron chi connectivity index (χ3n) is 3.56. The fourth-order valence-electron chi connectivity index (χ4n) is 2.41. The minimum absolute atomic E-state index is 0.0480. The molecule has 0 aliphatic heterocycles. The van der Waals surface area contributed by atoms with Crippen LogP contribution in [0.25, 0.3) is 22.6 Å². The van der Waals surface area contributed by atoms with Gasteiger partial charge in [0.1, 0.15) is 11.3 Å². The molecule has 0 N–H and O–H groups in total. The van der Waals surface area contributed by atoms with Crippen molar-refractivity contribution in [1.29, 1.82) is 0 Å². The van der Waals surface area contributed by atoms with E-state index in [9.17, 15) is 14.9 Å². The number of carbonyl (C=O) groups excluding carboxylic acids is 1. The van der Waals surface area contributed by atoms with Crippen molar-refractivity contribution in [2.75, 3.05) is 6.61 Å². The molecular weight excluding hydrogens is 324 g/mol. The third-order valence-corrected chi connectivity index (χ3v) is 3.56. The van der Waals surface area contributed by atoms with Crippen molar-refractivity contribution in [3.63, 3.8) is 0 Å². The molecule has 0 spiro atoms. The zero-order valence-corrected chi connectivity index (χ0v) is 13.3. The Morgan fingerprint density at radius 2 is 1.80 bits per heavy atom. The highest BCUT2D eigenvalue weighted by atomic mass is 16.6. The maximum Gasteiger partial charge on any atom is 0.344 e. The Labute approximate surface area is 143 Å². The van der Waals surface area contributed by atoms with Gasteiger partial charge in [-0.15, -0.1) is 0 Å². The highest BCUT2D eigenvalue weighted by Gasteiger charge is 2.26. The summed E-state index contributed by atoms with van der Waals surface area (Å²) >= 11 is 0. The van der Waals surface area contributed by atoms with Gasteiger partial charge >= 0.3 is 5.97 Å². The van der Waals surface area contributed by atoms with Crippen molar-refractivity contribution in [2.45, 2.75) is 6.92 Å². The molecule has 0 radical (unpaired) electrons. The van der Waals surface area contributed by atoms with E-state index in [2.05, 4.69) is 5.16 Å². The topological polar surface area (TPSA) is 95.5 Å². The van der Waals surface area contributed by atoms with Crippen molar-refractivity contribution >= 4 is 11.7 Å². The summed E-state index contributed by atoms with van der Waals surface area (Å²) in [6.45, 7) is 1.91. The highest BCUT2D eigenvalue weighted by Crippen LogP contribution is 2.33. The van der Waals surface area contributed by atoms with Crippen LogP contribution < -0.4 is 0 Å². The van der Waals surface area contributed by atoms with Crippen LogP contribution in [0.2, 0.25) is 0 Å². The van der Waals surface area contributed by atoms with Crippen molar-refractivity contribution < 1.29 is 19.0 Å². The number of esters is 1. The number of hydrogen-bond donors (Lipinski definition) is 0. The second-order valence-corrected chi connectivity index (χ2v) is 5.13. The van der Waals surface area contributed by atoms with E-state index in [4.69, 9.17) is 9.26 Å². The maximum atomic E-state index is 12.4. The van der Waals surface area contributed by atoms with Crippen molar-refractivity contribution in [3.8, 4) is 22.6 Å². The SMILES string of the molecule is CCOC(=O)c1c(-c2ccc([N+](=O)[O-])cc2)noc1-c1ccccc1. The number of non-ortho nitro benzene ring substituents is 1. The second kappa shape index (κ2) is 6.96. The summed E-state index contributed by atoms with van der Waals surface area (Å²) in [5, 5.41) is 14.8. The first kappa shape index (κ1) is 16.4. The molecule has 0 amide bonds. The van der Waals surface area contributed by atoms with Crippen LogP contribution in [0.4, 0.5) is 5.69 Å². The van der Waals surface area contributed by atoms with Crippen LogP contribution in [0, 0.1) is 10.1 Å². The van der Waals surface area contributed by atoms with Crippen LogP contribution in [0.5, 0.6) is 0 Å². The number of nitro groups is 1. The van der Waals surface area contributed by atoms with Gasteiger partial charge < -0.3 is 9.26 Å². The van der Waals surface area contributed by atoms with Gasteiger partial charge in [-0.1, -0.05) is 35.5 Å². The first-order valence-corrected chi connectivity index (χ1v) is 7.59. The van der Waals surface area contributed by atoms with Gasteiger partial charge in [-0.25, -0.2) is 4.79 Å². The maximum absolute atomic E-state index is 12.4. The van der Waals surface area contributed by atoms with E-state index in [0.717, 1.165) is 0 Å². The molecule has 0 fully saturated rings. The Bertz CT molecular complexity index is 901. The molecule has 0 saturated heterocycles. The number of carbonyl (C=O) groups is 1. The Morgan fingerprint density at radius 1 is 1.12 bits per heavy atom. The molecule has 7 heteroatoms. The standard InChI is InChI=1S/C18H14N2O5/c1-2-24-18(21)15-16(12-8-10-14(11-9-12)20(22)23)19-25-17(15)13-6-4-3-5-7-13/h3-11H,2H2,1H3. The van der Waals surface area contributed by atoms with E-state index in [1.807, 2.05) is 18.2 Å². The molecule has 0 aliphatic rings. The summed E-state index contributed by atoms with van der Waals surface area (Å²) in [5.41, 5.74) is 1.65. The van der Waals surface area contributed by atoms with Crippen LogP contribution in [0.15, 0.2) is 59.1 Å². The normalized spacial score (nSPS) is 10.4. The van der Waals surface area contributed by atoms with Crippen molar-refractivity contribution in [3.05, 3.63) is 70.3 Å². The van der Waals surface area contributed by atoms with E-state index in [0.29, 0.717) is 16.9 Å². The van der Waals surface area contributed by atoms with Gasteiger partial charge in [0, 0.05) is 23.3 Å². The number of rotatable bonds is 5. The molecule has 1 heterocycles. The van der Waals surface area contributed by atoms with Crippen LogP contribution >= 0.6 is 0 Å². The van der Waals surface area contributed by atoms with Gasteiger partial charge in [-0.2, -0.15) is 0 Å². The summed E-state index contributed by atoms with van der Waals surface area (Å²) in [6, 6.07) is 14.8. The summed E-state index contributed by atoms with van der Waals surface area (Å²) in [4.78, 5) is 22.7. The number of benzene rings is 2. The zero-order chi connectivity index (χ0) is 17.8. The lowest BCUT2D eigenvalue weighted by atomic mass is 10.0. The summed E-state index contributed by atoms with van der Waals surface area (Å²) in [7, 11) is 0. The predicted octanol–water partition coefficient (Wildman–Crippen LogP) is 4.09. The van der Waals surface area contributed by atoms with Crippen molar-refractivity contribution in [1.82, 2.24) is 5.16 Å². The fourth-order valence-corrected chi connectivity index (χ4v) is 2.41. The van der Waals surface area contributed by atoms with Gasteiger partial charge in [0.2, 0.25) is 0 Å². The van der Waals surface area contributed by atoms with Gasteiger partial charge in [0.15, 0.2) is 5.76 Å². The number of ether oxygens (including phenoxy) is 1. The molecule has 25 heavy (non-hydrogen) atoms. The van der Waals surface area contributed by atoms with Crippen LogP contribution in [-0.4, -0.2) is 22.7 Å². The second-order valence-electron chi connectivity index (χ2n) is 5.13. The van der Waals surface area contributed by atoms with Gasteiger partial charge in [0.25, 0.3) is 5.69 Å². The highest BCUT2D eigenvalue weighted by molar-refractivity contribution is 6.01. The Balaban J connectivity index is 2.12. The Morgan fingerprint density at radius 3 is 2.40 bits per heavy atom. The molecule has 0 atom stereocenters. The van der Waals surface area contributed by atoms with E-state index >= 15 is 0 Å². The quantitative estimate of drug-likeness (QED) is 0.395. The van der Waals surface area contributed by atoms with Crippen LogP contribution in [0.1, 0.15) is 17.3 Å². The number of nitro benzene ring substituents is 1. The van der Waals surface area contributed by atoms with E-state index in [1.54, 1.807) is 19.1 Å². The van der Waals surface area contributed by atoms with Crippen LogP contribution in [0.3, 0.4) is 0 Å². The smallest absolute Gasteiger partial charge is 0.344 e. The molecule has 0 aliphatic carbocycles. The zero-order valence-electron chi connectivity index (χ0n) is 13.3. The van der Waals surface area contributed by atoms with Gasteiger partial charge in [-0.3, -0.25) is 10.1 Å². The third kappa shape index (κ3) is 3.25. The van der Waals surface area contributed by atoms with Crippen LogP contribution in [-0.2, 0) is 4.74 Å². The largest absolute Gasteiger partial charge is 0.462 e. The number of hydrogen-bond acceptors (Lipinski definition) is 6. The lowest BCUT2D eigenvalue weighted by molar-refractivity contribution is -0.384. The average molecular weight is 338 g/mol. The summed E-state index contributed by atoms with van der Waals surface area (Å²) in [5.74, 6) is -0.261. The molecule has 0 saturated carbocycles. The van der Waals surface area contributed by atoms with E-state index < -0.39 is 10.9 Å². The summed E-state index contributed by atoms with van der Waals surface area (Å²) < 4.78 is 10.5. The first-order chi connectivity index (χ1) is 12.1. The predicted molar refractivity (Wildman–Crippen MR) is 90.0 cm³/mol. The molecular formula is C18H14N2O5. The molecule has 0 unspecified atom stereocenters. The van der Waals surface area contributed by atoms with Gasteiger partial charge in [0.05, 0.1) is 11.5 Å². The van der Waals surface area contributed by atoms with E-state index in [-0.39, 0.29) is 23.6 Å². The first-order valence-electron chi connectivity index (χ1n) is 7.59. The molecule has 3 aromatic rings. The lowest BCUT2D eigenvalue weighted by Crippen LogP contribution is -2.06. The summed E-state index contributed by atoms with van der Waals surface area (Å²) in [6.07, 6.45) is 0. The minimum atomic E-state index is -0.559. The van der Waals surface area contributed by atoms with E-state index in [1.165, 1.54) is 24.3 Å². The molecule has 1 aromatic heterocycles. The molecule has 2 aromatic carbocycles. The number of aromatic nitrogens is 1. The average Bonchev–Trinajstić information content (AvgIpc) is 3.08. The minimum Gasteiger partial charge on any atom is -0.462 e. The molecule has 3 rings (SSSR count). The lowest BCUT2D eigenvalue weighted by Gasteiger charge is -2.04.